The molecule has 0 aliphatic carbocycles. The number of allylic oxidation sites excluding steroid dienone is 2. The van der Waals surface area contributed by atoms with Gasteiger partial charge in [-0.3, -0.25) is 24.0 Å². The molecular formula is C62H84Cl4K2N4O9S2. The van der Waals surface area contributed by atoms with Gasteiger partial charge >= 0.3 is 103 Å². The summed E-state index contributed by atoms with van der Waals surface area (Å²) in [5.41, 5.74) is 2.55. The molecule has 0 spiro atoms. The smallest absolute Gasteiger partial charge is 1.00 e. The number of halogens is 4. The summed E-state index contributed by atoms with van der Waals surface area (Å²) in [4.78, 5) is 56.2. The fourth-order valence-electron chi connectivity index (χ4n) is 10.9. The summed E-state index contributed by atoms with van der Waals surface area (Å²) in [7, 11) is -4.88. The van der Waals surface area contributed by atoms with Gasteiger partial charge in [-0.15, -0.1) is 13.2 Å². The maximum Gasteiger partial charge on any atom is 1.00 e. The number of hydrogen-bond donors (Lipinski definition) is 2. The van der Waals surface area contributed by atoms with E-state index in [1.165, 1.54) is 6.92 Å². The fraction of sp³-hybridized carbons (Fsp3) is 0.484. The minimum absolute atomic E-state index is 0. The quantitative estimate of drug-likeness (QED) is 0.0305. The third-order valence-electron chi connectivity index (χ3n) is 15.3. The van der Waals surface area contributed by atoms with Crippen molar-refractivity contribution in [2.45, 2.75) is 148 Å². The molecule has 2 aliphatic heterocycles. The molecule has 2 heterocycles. The number of rotatable bonds is 19. The van der Waals surface area contributed by atoms with Crippen LogP contribution in [0.2, 0.25) is 20.1 Å². The summed E-state index contributed by atoms with van der Waals surface area (Å²) >= 11 is 25.4. The Balaban J connectivity index is 0.00000145. The topological polar surface area (TPSA) is 198 Å². The van der Waals surface area contributed by atoms with Crippen LogP contribution in [0.25, 0.3) is 0 Å². The molecule has 2 unspecified atom stereocenters. The molecule has 10 atom stereocenters. The second-order valence-electron chi connectivity index (χ2n) is 22.5. The zero-order valence-corrected chi connectivity index (χ0v) is 61.7. The fourth-order valence-corrected chi connectivity index (χ4v) is 15.2. The number of nitrogens with zero attached hydrogens (tertiary/aromatic N) is 3. The van der Waals surface area contributed by atoms with Crippen molar-refractivity contribution in [3.63, 3.8) is 0 Å². The van der Waals surface area contributed by atoms with Gasteiger partial charge < -0.3 is 26.5 Å². The Morgan fingerprint density at radius 1 is 0.687 bits per heavy atom. The van der Waals surface area contributed by atoms with E-state index in [4.69, 9.17) is 66.3 Å². The molecule has 4 aromatic rings. The number of piperidine rings is 2. The van der Waals surface area contributed by atoms with Crippen molar-refractivity contribution < 1.29 is 147 Å². The van der Waals surface area contributed by atoms with Gasteiger partial charge in [0.25, 0.3) is 12.4 Å². The summed E-state index contributed by atoms with van der Waals surface area (Å²) in [6.45, 7) is 28.4. The Hall–Kier alpha value is -1.31. The number of amides is 3. The van der Waals surface area contributed by atoms with Crippen LogP contribution in [0.5, 0.6) is 0 Å². The van der Waals surface area contributed by atoms with Gasteiger partial charge in [0.1, 0.15) is 0 Å². The van der Waals surface area contributed by atoms with Crippen molar-refractivity contribution in [1.29, 1.82) is 4.78 Å². The van der Waals surface area contributed by atoms with Crippen LogP contribution in [0.4, 0.5) is 0 Å². The maximum atomic E-state index is 14.6. The number of carbonyl (C=O) groups is 4. The van der Waals surface area contributed by atoms with Crippen LogP contribution < -0.4 is 108 Å². The van der Waals surface area contributed by atoms with Crippen molar-refractivity contribution in [3.05, 3.63) is 165 Å². The number of aliphatic hydroxyl groups excluding tert-OH is 1. The van der Waals surface area contributed by atoms with Gasteiger partial charge in [-0.05, 0) is 108 Å². The second kappa shape index (κ2) is 36.4. The first-order valence-electron chi connectivity index (χ1n) is 27.0. The van der Waals surface area contributed by atoms with Gasteiger partial charge in [0.15, 0.2) is 0 Å². The molecule has 13 nitrogen and oxygen atoms in total. The van der Waals surface area contributed by atoms with Gasteiger partial charge in [0.2, 0.25) is 11.8 Å². The minimum atomic E-state index is -2.95. The summed E-state index contributed by atoms with van der Waals surface area (Å²) in [6.07, 6.45) is 5.82. The summed E-state index contributed by atoms with van der Waals surface area (Å²) < 4.78 is 40.3. The Morgan fingerprint density at radius 2 is 1.04 bits per heavy atom. The van der Waals surface area contributed by atoms with E-state index in [1.807, 2.05) is 164 Å². The molecule has 2 N–H and O–H groups in total. The second-order valence-corrected chi connectivity index (χ2v) is 29.8. The largest absolute Gasteiger partial charge is 1.00 e. The van der Waals surface area contributed by atoms with Crippen LogP contribution in [0.3, 0.4) is 0 Å². The van der Waals surface area contributed by atoms with Gasteiger partial charge in [-0.1, -0.05) is 176 Å². The molecule has 83 heavy (non-hydrogen) atoms. The Kier molecular flexibility index (Phi) is 34.9. The molecule has 6 rings (SSSR count). The predicted molar refractivity (Wildman–Crippen MR) is 331 cm³/mol. The van der Waals surface area contributed by atoms with E-state index in [2.05, 4.69) is 34.5 Å². The summed E-state index contributed by atoms with van der Waals surface area (Å²) in [5.74, 6) is -0.469. The van der Waals surface area contributed by atoms with Crippen molar-refractivity contribution in [1.82, 2.24) is 9.80 Å². The molecule has 4 aromatic carbocycles. The van der Waals surface area contributed by atoms with E-state index in [9.17, 15) is 22.8 Å². The zero-order chi connectivity index (χ0) is 61.4. The van der Waals surface area contributed by atoms with Gasteiger partial charge in [-0.25, -0.2) is 8.42 Å². The van der Waals surface area contributed by atoms with Crippen molar-refractivity contribution in [2.75, 3.05) is 18.6 Å². The van der Waals surface area contributed by atoms with Gasteiger partial charge in [-0.2, -0.15) is 4.36 Å². The van der Waals surface area contributed by atoms with Crippen LogP contribution >= 0.6 is 46.4 Å². The summed E-state index contributed by atoms with van der Waals surface area (Å²) in [6, 6.07) is 29.3. The SMILES string of the molecule is C=CC[C@@]1(C)C[C@H](c2cccc(Cl)c2)[C@@H](c2ccc(Cl)cc2)N([C@H](CS(=N)(=O)C(C)C)C(C)C)C1=O.C=CC[C@@]1(C)C[C@H](c2cccc(Cl)c2)[C@@H](c2ccc(Cl)cc2)N([C@H](CS(=O)(=NC(C)=O)C(C)C)C(C)C)C1=O.CO.O=CO[O-].[H-].[K+].[K+]. The number of benzene rings is 4. The monoisotopic (exact) mass is 1310 g/mol. The molecule has 2 aliphatic rings. The van der Waals surface area contributed by atoms with E-state index >= 15 is 0 Å². The van der Waals surface area contributed by atoms with Crippen molar-refractivity contribution >= 4 is 90.1 Å². The number of likely N-dealkylation sites (tertiary alicyclic amines) is 2. The van der Waals surface area contributed by atoms with Crippen molar-refractivity contribution in [3.8, 4) is 0 Å². The molecule has 21 heteroatoms. The van der Waals surface area contributed by atoms with E-state index in [0.29, 0.717) is 45.8 Å². The van der Waals surface area contributed by atoms with Gasteiger partial charge in [0.05, 0.1) is 44.1 Å². The molecule has 2 saturated heterocycles. The molecular weight excluding hydrogens is 1230 g/mol. The van der Waals surface area contributed by atoms with Crippen LogP contribution in [0.15, 0.2) is 127 Å². The number of carbonyl (C=O) groups excluding carboxylic acids is 4. The molecule has 448 valence electrons. The Bertz CT molecular complexity index is 3030. The standard InChI is InChI=1S/C31H40Cl2N2O3S.C29H38Cl2N2O2S.CH2O3.CH4O.2K.H/c1-8-16-31(7)18-27(24-10-9-11-26(33)17-24)29(23-12-14-25(32)15-13-23)35(30(31)37)28(20(2)3)19-39(38,21(4)5)34-22(6)36;1-7-15-29(6)17-25(22-9-8-10-24(31)16-22)27(21-11-13-23(30)14-12-21)33(28(29)34)26(19(2)3)18-36(32,35)20(4)5;2-1-4-3;1-2;;;/h8-15,17,20-21,27-29H,1,16,18-19H2,2-7H3;7-14,16,19-20,25-27,32H,1,15,17-18H2,2-6H3;1,3H;2H,1H3;;;/q;;;;2*+1;-1/p-1/t27-,28-,29-,31+,39?;25-,26-,27-,29+,36?;;;;;/m11...../s1. The first kappa shape index (κ1) is 79.7. The average Bonchev–Trinajstić information content (AvgIpc) is 3.50. The molecule has 0 saturated carbocycles. The Labute approximate surface area is 602 Å². The normalized spacial score (nSPS) is 22.5. The number of nitrogens with one attached hydrogen (secondary N) is 1. The summed E-state index contributed by atoms with van der Waals surface area (Å²) in [5, 5.41) is 17.3. The van der Waals surface area contributed by atoms with E-state index < -0.39 is 42.2 Å². The molecule has 0 bridgehead atoms. The van der Waals surface area contributed by atoms with Crippen LogP contribution in [-0.2, 0) is 43.5 Å². The Morgan fingerprint density at radius 3 is 1.31 bits per heavy atom. The van der Waals surface area contributed by atoms with E-state index in [0.717, 1.165) is 29.4 Å². The number of hydrogen-bond acceptors (Lipinski definition) is 10. The third-order valence-corrected chi connectivity index (χ3v) is 21.5. The van der Waals surface area contributed by atoms with Crippen LogP contribution in [-0.4, -0.2) is 88.7 Å². The van der Waals surface area contributed by atoms with E-state index in [1.54, 1.807) is 12.2 Å². The first-order chi connectivity index (χ1) is 37.9. The van der Waals surface area contributed by atoms with Gasteiger partial charge in [0, 0.05) is 78.3 Å². The number of aliphatic hydroxyl groups is 1. The first-order valence-corrected chi connectivity index (χ1v) is 32.0. The zero-order valence-electron chi connectivity index (χ0n) is 51.8. The molecule has 3 amide bonds. The van der Waals surface area contributed by atoms with Crippen LogP contribution in [0.1, 0.15) is 149 Å². The van der Waals surface area contributed by atoms with Crippen molar-refractivity contribution in [2.24, 2.45) is 27.0 Å². The molecule has 2 fully saturated rings. The predicted octanol–water partition coefficient (Wildman–Crippen LogP) is 8.36. The minimum Gasteiger partial charge on any atom is -1.00 e. The average molecular weight is 1310 g/mol. The molecule has 0 radical (unpaired) electrons. The third kappa shape index (κ3) is 21.4. The van der Waals surface area contributed by atoms with Crippen LogP contribution in [0, 0.1) is 27.4 Å². The molecule has 0 aromatic heterocycles. The maximum absolute atomic E-state index is 14.6. The van der Waals surface area contributed by atoms with E-state index in [-0.39, 0.29) is 186 Å².